The van der Waals surface area contributed by atoms with E-state index in [9.17, 15) is 0 Å². The van der Waals surface area contributed by atoms with Crippen LogP contribution in [0, 0.1) is 0 Å². The van der Waals surface area contributed by atoms with Crippen LogP contribution in [0.15, 0.2) is 44.1 Å². The van der Waals surface area contributed by atoms with Crippen LogP contribution >= 0.6 is 93.1 Å². The molecule has 0 N–H and O–H groups in total. The molecular formula is C18H10Cl6N2O2S2. The molecular weight excluding hydrogens is 553 g/mol. The van der Waals surface area contributed by atoms with Gasteiger partial charge in [-0.3, -0.25) is 0 Å². The molecule has 0 radical (unpaired) electrons. The molecule has 2 heterocycles. The summed E-state index contributed by atoms with van der Waals surface area (Å²) in [5.41, 5.74) is 0. The van der Waals surface area contributed by atoms with Crippen molar-refractivity contribution < 1.29 is 9.47 Å². The lowest BCUT2D eigenvalue weighted by atomic mass is 10.3. The van der Waals surface area contributed by atoms with E-state index in [4.69, 9.17) is 79.1 Å². The van der Waals surface area contributed by atoms with Crippen molar-refractivity contribution in [1.82, 2.24) is 9.97 Å². The number of pyridine rings is 2. The Morgan fingerprint density at radius 3 is 1.30 bits per heavy atom. The second-order valence-corrected chi connectivity index (χ2v) is 9.86. The fourth-order valence-electron chi connectivity index (χ4n) is 2.21. The van der Waals surface area contributed by atoms with Crippen LogP contribution in [0.1, 0.15) is 0 Å². The molecule has 12 heteroatoms. The summed E-state index contributed by atoms with van der Waals surface area (Å²) in [5.74, 6) is 1.04. The fraction of sp³-hybridized carbons (Fsp3) is 0.111. The smallest absolute Gasteiger partial charge is 0.161 e. The Hall–Kier alpha value is -0.440. The SMILES string of the molecule is COc1cc(Sc2nc(Cl)c(Cl)cc2Cl)c(Sc2nc(Cl)c(Cl)cc2Cl)cc1OC. The van der Waals surface area contributed by atoms with Gasteiger partial charge in [-0.2, -0.15) is 0 Å². The Kier molecular flexibility index (Phi) is 8.43. The summed E-state index contributed by atoms with van der Waals surface area (Å²) in [7, 11) is 3.09. The molecule has 0 saturated heterocycles. The first-order chi connectivity index (χ1) is 14.2. The van der Waals surface area contributed by atoms with Gasteiger partial charge in [0, 0.05) is 9.79 Å². The minimum Gasteiger partial charge on any atom is -0.493 e. The zero-order valence-corrected chi connectivity index (χ0v) is 21.3. The third-order valence-corrected chi connectivity index (χ3v) is 7.97. The molecule has 2 aromatic heterocycles. The third-order valence-electron chi connectivity index (χ3n) is 3.57. The predicted octanol–water partition coefficient (Wildman–Crippen LogP) is 8.72. The number of hydrogen-bond acceptors (Lipinski definition) is 6. The molecule has 0 atom stereocenters. The highest BCUT2D eigenvalue weighted by Gasteiger charge is 2.19. The lowest BCUT2D eigenvalue weighted by Gasteiger charge is -2.15. The molecule has 0 aliphatic rings. The average molecular weight is 563 g/mol. The van der Waals surface area contributed by atoms with E-state index in [0.717, 1.165) is 9.79 Å². The molecule has 0 aliphatic heterocycles. The monoisotopic (exact) mass is 560 g/mol. The summed E-state index contributed by atoms with van der Waals surface area (Å²) >= 11 is 39.2. The molecule has 0 unspecified atom stereocenters. The van der Waals surface area contributed by atoms with Gasteiger partial charge in [0.2, 0.25) is 0 Å². The van der Waals surface area contributed by atoms with Gasteiger partial charge in [-0.1, -0.05) is 93.1 Å². The lowest BCUT2D eigenvalue weighted by Crippen LogP contribution is -1.94. The number of hydrogen-bond donors (Lipinski definition) is 0. The highest BCUT2D eigenvalue weighted by molar-refractivity contribution is 8.02. The van der Waals surface area contributed by atoms with Crippen molar-refractivity contribution in [3.8, 4) is 11.5 Å². The second-order valence-electron chi connectivity index (χ2n) is 5.45. The maximum atomic E-state index is 6.30. The zero-order chi connectivity index (χ0) is 22.0. The first kappa shape index (κ1) is 24.2. The lowest BCUT2D eigenvalue weighted by molar-refractivity contribution is 0.352. The number of rotatable bonds is 6. The van der Waals surface area contributed by atoms with E-state index in [2.05, 4.69) is 9.97 Å². The fourth-order valence-corrected chi connectivity index (χ4v) is 5.44. The van der Waals surface area contributed by atoms with Crippen molar-refractivity contribution in [3.63, 3.8) is 0 Å². The van der Waals surface area contributed by atoms with Crippen LogP contribution in [0.2, 0.25) is 30.4 Å². The van der Waals surface area contributed by atoms with E-state index in [-0.39, 0.29) is 20.4 Å². The van der Waals surface area contributed by atoms with Crippen LogP contribution in [0.5, 0.6) is 11.5 Å². The highest BCUT2D eigenvalue weighted by atomic mass is 35.5. The zero-order valence-electron chi connectivity index (χ0n) is 15.1. The minimum atomic E-state index is 0.146. The Labute approximate surface area is 211 Å². The Balaban J connectivity index is 2.10. The maximum Gasteiger partial charge on any atom is 0.161 e. The summed E-state index contributed by atoms with van der Waals surface area (Å²) < 4.78 is 10.8. The van der Waals surface area contributed by atoms with Crippen LogP contribution < -0.4 is 9.47 Å². The van der Waals surface area contributed by atoms with Gasteiger partial charge in [-0.05, 0) is 24.3 Å². The van der Waals surface area contributed by atoms with E-state index in [1.165, 1.54) is 35.7 Å². The van der Waals surface area contributed by atoms with Gasteiger partial charge in [0.1, 0.15) is 20.4 Å². The quantitative estimate of drug-likeness (QED) is 0.280. The van der Waals surface area contributed by atoms with Crippen molar-refractivity contribution in [2.75, 3.05) is 14.2 Å². The van der Waals surface area contributed by atoms with Gasteiger partial charge in [0.15, 0.2) is 11.5 Å². The van der Waals surface area contributed by atoms with E-state index < -0.39 is 0 Å². The van der Waals surface area contributed by atoms with Crippen molar-refractivity contribution in [2.45, 2.75) is 19.8 Å². The first-order valence-corrected chi connectivity index (χ1v) is 11.8. The van der Waals surface area contributed by atoms with Crippen LogP contribution in [0.25, 0.3) is 0 Å². The summed E-state index contributed by atoms with van der Waals surface area (Å²) in [6.45, 7) is 0. The molecule has 158 valence electrons. The number of ether oxygens (including phenoxy) is 2. The summed E-state index contributed by atoms with van der Waals surface area (Å²) in [6, 6.07) is 6.65. The van der Waals surface area contributed by atoms with Gasteiger partial charge in [-0.15, -0.1) is 0 Å². The standard InChI is InChI=1S/C18H10Cl6N2O2S2/c1-27-11-5-13(29-17-9(21)3-7(19)15(23)25-17)14(6-12(11)28-2)30-18-10(22)4-8(20)16(24)26-18/h3-6H,1-2H3. The van der Waals surface area contributed by atoms with E-state index >= 15 is 0 Å². The molecule has 0 saturated carbocycles. The number of methoxy groups -OCH3 is 2. The molecule has 0 aliphatic carbocycles. The van der Waals surface area contributed by atoms with Gasteiger partial charge >= 0.3 is 0 Å². The van der Waals surface area contributed by atoms with Gasteiger partial charge in [0.05, 0.1) is 34.3 Å². The summed E-state index contributed by atoms with van der Waals surface area (Å²) in [5, 5.41) is 2.46. The van der Waals surface area contributed by atoms with Crippen molar-refractivity contribution in [3.05, 3.63) is 54.7 Å². The number of benzene rings is 1. The number of nitrogens with zero attached hydrogens (tertiary/aromatic N) is 2. The second kappa shape index (κ2) is 10.5. The molecule has 0 spiro atoms. The molecule has 0 bridgehead atoms. The van der Waals surface area contributed by atoms with Crippen LogP contribution in [0.3, 0.4) is 0 Å². The van der Waals surface area contributed by atoms with E-state index in [1.54, 1.807) is 26.4 Å². The average Bonchev–Trinajstić information content (AvgIpc) is 2.70. The predicted molar refractivity (Wildman–Crippen MR) is 126 cm³/mol. The third kappa shape index (κ3) is 5.48. The Morgan fingerprint density at radius 1 is 0.600 bits per heavy atom. The largest absolute Gasteiger partial charge is 0.493 e. The minimum absolute atomic E-state index is 0.146. The number of aromatic nitrogens is 2. The van der Waals surface area contributed by atoms with Gasteiger partial charge < -0.3 is 9.47 Å². The van der Waals surface area contributed by atoms with Crippen molar-refractivity contribution in [1.29, 1.82) is 0 Å². The summed E-state index contributed by atoms with van der Waals surface area (Å²) in [6.07, 6.45) is 0. The van der Waals surface area contributed by atoms with Crippen molar-refractivity contribution in [2.24, 2.45) is 0 Å². The molecule has 30 heavy (non-hydrogen) atoms. The molecule has 3 aromatic rings. The molecule has 1 aromatic carbocycles. The van der Waals surface area contributed by atoms with Gasteiger partial charge in [-0.25, -0.2) is 9.97 Å². The van der Waals surface area contributed by atoms with Gasteiger partial charge in [0.25, 0.3) is 0 Å². The Bertz CT molecular complexity index is 1030. The van der Waals surface area contributed by atoms with Crippen LogP contribution in [-0.2, 0) is 0 Å². The highest BCUT2D eigenvalue weighted by Crippen LogP contribution is 2.47. The maximum absolute atomic E-state index is 6.30. The Morgan fingerprint density at radius 2 is 0.967 bits per heavy atom. The van der Waals surface area contributed by atoms with Crippen LogP contribution in [-0.4, -0.2) is 24.2 Å². The normalized spacial score (nSPS) is 10.9. The van der Waals surface area contributed by atoms with Crippen LogP contribution in [0.4, 0.5) is 0 Å². The van der Waals surface area contributed by atoms with E-state index in [1.807, 2.05) is 0 Å². The molecule has 4 nitrogen and oxygen atoms in total. The molecule has 3 rings (SSSR count). The molecule has 0 amide bonds. The van der Waals surface area contributed by atoms with E-state index in [0.29, 0.717) is 31.6 Å². The number of halogens is 6. The molecule has 0 fully saturated rings. The van der Waals surface area contributed by atoms with Crippen molar-refractivity contribution >= 4 is 93.1 Å². The summed E-state index contributed by atoms with van der Waals surface area (Å²) in [4.78, 5) is 10.0. The topological polar surface area (TPSA) is 44.2 Å². The first-order valence-electron chi connectivity index (χ1n) is 7.88.